The van der Waals surface area contributed by atoms with E-state index in [1.165, 1.54) is 19.1 Å². The first-order valence-electron chi connectivity index (χ1n) is 6.25. The van der Waals surface area contributed by atoms with Crippen molar-refractivity contribution >= 4 is 21.6 Å². The fourth-order valence-electron chi connectivity index (χ4n) is 1.75. The van der Waals surface area contributed by atoms with Crippen molar-refractivity contribution in [2.75, 3.05) is 5.32 Å². The molecule has 1 aromatic rings. The molecule has 0 aliphatic heterocycles. The average molecular weight is 284 g/mol. The van der Waals surface area contributed by atoms with Gasteiger partial charge in [-0.25, -0.2) is 13.1 Å². The number of rotatable bonds is 6. The first-order chi connectivity index (χ1) is 8.85. The standard InChI is InChI=1S/C13H20N2O3S/c1-4-5-10(2)15-19(17,18)13-8-6-12(7-9-13)14-11(3)16/h6-10,15H,4-5H2,1-3H3,(H,14,16). The highest BCUT2D eigenvalue weighted by molar-refractivity contribution is 7.89. The van der Waals surface area contributed by atoms with E-state index in [0.717, 1.165) is 12.8 Å². The topological polar surface area (TPSA) is 75.3 Å². The van der Waals surface area contributed by atoms with Crippen molar-refractivity contribution in [2.24, 2.45) is 0 Å². The van der Waals surface area contributed by atoms with E-state index in [1.54, 1.807) is 12.1 Å². The highest BCUT2D eigenvalue weighted by Crippen LogP contribution is 2.14. The van der Waals surface area contributed by atoms with Gasteiger partial charge in [-0.1, -0.05) is 13.3 Å². The second-order valence-corrected chi connectivity index (χ2v) is 6.23. The van der Waals surface area contributed by atoms with E-state index in [2.05, 4.69) is 10.0 Å². The molecule has 6 heteroatoms. The van der Waals surface area contributed by atoms with Gasteiger partial charge in [0.15, 0.2) is 0 Å². The van der Waals surface area contributed by atoms with Gasteiger partial charge in [0.05, 0.1) is 4.90 Å². The van der Waals surface area contributed by atoms with Gasteiger partial charge in [0.1, 0.15) is 0 Å². The Morgan fingerprint density at radius 2 is 1.84 bits per heavy atom. The lowest BCUT2D eigenvalue weighted by atomic mass is 10.2. The number of amides is 1. The maximum Gasteiger partial charge on any atom is 0.240 e. The van der Waals surface area contributed by atoms with E-state index in [-0.39, 0.29) is 16.8 Å². The molecule has 0 aromatic heterocycles. The van der Waals surface area contributed by atoms with Crippen LogP contribution in [0.25, 0.3) is 0 Å². The molecule has 0 heterocycles. The Morgan fingerprint density at radius 1 is 1.26 bits per heavy atom. The van der Waals surface area contributed by atoms with Crippen molar-refractivity contribution in [1.82, 2.24) is 4.72 Å². The highest BCUT2D eigenvalue weighted by atomic mass is 32.2. The molecule has 0 bridgehead atoms. The van der Waals surface area contributed by atoms with Gasteiger partial charge in [0.2, 0.25) is 15.9 Å². The van der Waals surface area contributed by atoms with Gasteiger partial charge in [-0.05, 0) is 37.6 Å². The third kappa shape index (κ3) is 5.00. The largest absolute Gasteiger partial charge is 0.326 e. The zero-order valence-electron chi connectivity index (χ0n) is 11.4. The Hall–Kier alpha value is -1.40. The third-order valence-electron chi connectivity index (χ3n) is 2.56. The molecule has 106 valence electrons. The summed E-state index contributed by atoms with van der Waals surface area (Å²) in [5, 5.41) is 2.59. The Morgan fingerprint density at radius 3 is 2.32 bits per heavy atom. The molecule has 2 N–H and O–H groups in total. The zero-order chi connectivity index (χ0) is 14.5. The van der Waals surface area contributed by atoms with Gasteiger partial charge in [-0.3, -0.25) is 4.79 Å². The van der Waals surface area contributed by atoms with Crippen LogP contribution >= 0.6 is 0 Å². The molecular weight excluding hydrogens is 264 g/mol. The molecule has 0 saturated carbocycles. The molecule has 0 fully saturated rings. The molecule has 0 aliphatic rings. The number of carbonyl (C=O) groups is 1. The van der Waals surface area contributed by atoms with Crippen LogP contribution in [0.15, 0.2) is 29.2 Å². The summed E-state index contributed by atoms with van der Waals surface area (Å²) in [5.41, 5.74) is 0.577. The summed E-state index contributed by atoms with van der Waals surface area (Å²) >= 11 is 0. The van der Waals surface area contributed by atoms with E-state index in [4.69, 9.17) is 0 Å². The first-order valence-corrected chi connectivity index (χ1v) is 7.73. The minimum atomic E-state index is -3.49. The van der Waals surface area contributed by atoms with Crippen LogP contribution in [0, 0.1) is 0 Å². The summed E-state index contributed by atoms with van der Waals surface area (Å²) in [7, 11) is -3.49. The van der Waals surface area contributed by atoms with Gasteiger partial charge in [0, 0.05) is 18.7 Å². The molecule has 19 heavy (non-hydrogen) atoms. The number of nitrogens with one attached hydrogen (secondary N) is 2. The Kier molecular flexibility index (Phi) is 5.50. The summed E-state index contributed by atoms with van der Waals surface area (Å²) < 4.78 is 26.7. The summed E-state index contributed by atoms with van der Waals surface area (Å²) in [5.74, 6) is -0.190. The maximum absolute atomic E-state index is 12.1. The fraction of sp³-hybridized carbons (Fsp3) is 0.462. The molecular formula is C13H20N2O3S. The number of hydrogen-bond acceptors (Lipinski definition) is 3. The molecule has 1 aromatic carbocycles. The van der Waals surface area contributed by atoms with Crippen LogP contribution in [0.4, 0.5) is 5.69 Å². The maximum atomic E-state index is 12.1. The number of carbonyl (C=O) groups excluding carboxylic acids is 1. The van der Waals surface area contributed by atoms with Crippen LogP contribution in [0.2, 0.25) is 0 Å². The predicted octanol–water partition coefficient (Wildman–Crippen LogP) is 2.11. The SMILES string of the molecule is CCCC(C)NS(=O)(=O)c1ccc(NC(C)=O)cc1. The van der Waals surface area contributed by atoms with Crippen molar-refractivity contribution in [3.8, 4) is 0 Å². The van der Waals surface area contributed by atoms with E-state index in [1.807, 2.05) is 13.8 Å². The minimum absolute atomic E-state index is 0.0926. The quantitative estimate of drug-likeness (QED) is 0.840. The molecule has 1 unspecified atom stereocenters. The highest BCUT2D eigenvalue weighted by Gasteiger charge is 2.16. The lowest BCUT2D eigenvalue weighted by molar-refractivity contribution is -0.114. The van der Waals surface area contributed by atoms with Crippen LogP contribution in [0.1, 0.15) is 33.6 Å². The van der Waals surface area contributed by atoms with Crippen molar-refractivity contribution in [3.05, 3.63) is 24.3 Å². The van der Waals surface area contributed by atoms with Crippen LogP contribution in [-0.2, 0) is 14.8 Å². The monoisotopic (exact) mass is 284 g/mol. The molecule has 5 nitrogen and oxygen atoms in total. The summed E-state index contributed by atoms with van der Waals surface area (Å²) in [6, 6.07) is 6.00. The van der Waals surface area contributed by atoms with Gasteiger partial charge in [-0.2, -0.15) is 0 Å². The predicted molar refractivity (Wildman–Crippen MR) is 75.4 cm³/mol. The lowest BCUT2D eigenvalue weighted by Crippen LogP contribution is -2.32. The van der Waals surface area contributed by atoms with Crippen LogP contribution in [-0.4, -0.2) is 20.4 Å². The molecule has 0 radical (unpaired) electrons. The average Bonchev–Trinajstić information content (AvgIpc) is 2.28. The van der Waals surface area contributed by atoms with Gasteiger partial charge in [-0.15, -0.1) is 0 Å². The third-order valence-corrected chi connectivity index (χ3v) is 4.17. The summed E-state index contributed by atoms with van der Waals surface area (Å²) in [4.78, 5) is 11.1. The van der Waals surface area contributed by atoms with Crippen molar-refractivity contribution < 1.29 is 13.2 Å². The lowest BCUT2D eigenvalue weighted by Gasteiger charge is -2.13. The molecule has 0 saturated heterocycles. The zero-order valence-corrected chi connectivity index (χ0v) is 12.3. The number of anilines is 1. The molecule has 0 aliphatic carbocycles. The number of benzene rings is 1. The molecule has 1 atom stereocenters. The van der Waals surface area contributed by atoms with Crippen LogP contribution < -0.4 is 10.0 Å². The number of hydrogen-bond donors (Lipinski definition) is 2. The summed E-state index contributed by atoms with van der Waals surface area (Å²) in [6.45, 7) is 5.25. The molecule has 1 amide bonds. The van der Waals surface area contributed by atoms with Crippen molar-refractivity contribution in [1.29, 1.82) is 0 Å². The van der Waals surface area contributed by atoms with E-state index >= 15 is 0 Å². The molecule has 1 rings (SSSR count). The van der Waals surface area contributed by atoms with Gasteiger partial charge in [0.25, 0.3) is 0 Å². The fourth-order valence-corrected chi connectivity index (χ4v) is 3.02. The van der Waals surface area contributed by atoms with Crippen molar-refractivity contribution in [3.63, 3.8) is 0 Å². The van der Waals surface area contributed by atoms with Crippen molar-refractivity contribution in [2.45, 2.75) is 44.6 Å². The number of sulfonamides is 1. The Balaban J connectivity index is 2.81. The van der Waals surface area contributed by atoms with E-state index in [0.29, 0.717) is 5.69 Å². The molecule has 0 spiro atoms. The Bertz CT molecular complexity index is 523. The normalized spacial score (nSPS) is 13.0. The minimum Gasteiger partial charge on any atom is -0.326 e. The van der Waals surface area contributed by atoms with E-state index in [9.17, 15) is 13.2 Å². The van der Waals surface area contributed by atoms with Crippen LogP contribution in [0.3, 0.4) is 0 Å². The summed E-state index contributed by atoms with van der Waals surface area (Å²) in [6.07, 6.45) is 1.72. The van der Waals surface area contributed by atoms with Crippen LogP contribution in [0.5, 0.6) is 0 Å². The second-order valence-electron chi connectivity index (χ2n) is 4.52. The Labute approximate surface area is 114 Å². The van der Waals surface area contributed by atoms with E-state index < -0.39 is 10.0 Å². The second kappa shape index (κ2) is 6.68. The first kappa shape index (κ1) is 15.7. The van der Waals surface area contributed by atoms with Gasteiger partial charge >= 0.3 is 0 Å². The van der Waals surface area contributed by atoms with Gasteiger partial charge < -0.3 is 5.32 Å². The smallest absolute Gasteiger partial charge is 0.240 e.